The van der Waals surface area contributed by atoms with E-state index >= 15 is 0 Å². The second-order valence-corrected chi connectivity index (χ2v) is 6.15. The first-order valence-corrected chi connectivity index (χ1v) is 8.81. The molecule has 2 aromatic carbocycles. The summed E-state index contributed by atoms with van der Waals surface area (Å²) in [5.74, 6) is 1.25. The number of carbonyl (C=O) groups excluding carboxylic acids is 1. The Hall–Kier alpha value is -2.20. The second kappa shape index (κ2) is 9.33. The fourth-order valence-corrected chi connectivity index (χ4v) is 2.73. The van der Waals surface area contributed by atoms with Gasteiger partial charge >= 0.3 is 0 Å². The summed E-state index contributed by atoms with van der Waals surface area (Å²) >= 11 is 5.97. The molecule has 0 saturated heterocycles. The molecule has 0 heterocycles. The highest BCUT2D eigenvalue weighted by Crippen LogP contribution is 2.22. The van der Waals surface area contributed by atoms with Gasteiger partial charge in [-0.05, 0) is 48.7 Å². The lowest BCUT2D eigenvalue weighted by atomic mass is 10.0. The Labute approximate surface area is 154 Å². The van der Waals surface area contributed by atoms with Crippen LogP contribution in [0.3, 0.4) is 0 Å². The molecule has 25 heavy (non-hydrogen) atoms. The summed E-state index contributed by atoms with van der Waals surface area (Å²) < 4.78 is 11.0. The summed E-state index contributed by atoms with van der Waals surface area (Å²) in [6.45, 7) is 3.96. The normalized spacial score (nSPS) is 13.0. The predicted molar refractivity (Wildman–Crippen MR) is 100 cm³/mol. The first-order valence-electron chi connectivity index (χ1n) is 8.43. The highest BCUT2D eigenvalue weighted by atomic mass is 35.5. The average Bonchev–Trinajstić information content (AvgIpc) is 2.64. The van der Waals surface area contributed by atoms with Gasteiger partial charge in [0.1, 0.15) is 11.5 Å². The largest absolute Gasteiger partial charge is 0.497 e. The third kappa shape index (κ3) is 5.40. The maximum Gasteiger partial charge on any atom is 0.261 e. The Morgan fingerprint density at radius 3 is 2.36 bits per heavy atom. The standard InChI is InChI=1S/C20H24ClNO3/c1-4-18(14-9-11-16(24-3)12-10-14)22-20(23)19(5-2)25-17-8-6-7-15(21)13-17/h6-13,18-19H,4-5H2,1-3H3,(H,22,23)/t18-,19-/m0/s1. The number of nitrogens with one attached hydrogen (secondary N) is 1. The zero-order valence-corrected chi connectivity index (χ0v) is 15.5. The zero-order valence-electron chi connectivity index (χ0n) is 14.8. The number of methoxy groups -OCH3 is 1. The summed E-state index contributed by atoms with van der Waals surface area (Å²) in [5, 5.41) is 3.65. The third-order valence-electron chi connectivity index (χ3n) is 3.98. The molecule has 1 N–H and O–H groups in total. The van der Waals surface area contributed by atoms with Gasteiger partial charge in [0.05, 0.1) is 13.2 Å². The van der Waals surface area contributed by atoms with Crippen molar-refractivity contribution in [1.82, 2.24) is 5.32 Å². The van der Waals surface area contributed by atoms with E-state index in [0.29, 0.717) is 17.2 Å². The van der Waals surface area contributed by atoms with E-state index in [9.17, 15) is 4.79 Å². The summed E-state index contributed by atoms with van der Waals surface area (Å²) in [4.78, 5) is 12.6. The van der Waals surface area contributed by atoms with E-state index in [1.165, 1.54) is 0 Å². The van der Waals surface area contributed by atoms with Gasteiger partial charge in [0.15, 0.2) is 6.10 Å². The molecule has 0 saturated carbocycles. The minimum Gasteiger partial charge on any atom is -0.497 e. The summed E-state index contributed by atoms with van der Waals surface area (Å²) in [6, 6.07) is 14.7. The van der Waals surface area contributed by atoms with Gasteiger partial charge in [-0.3, -0.25) is 4.79 Å². The van der Waals surface area contributed by atoms with Crippen molar-refractivity contribution >= 4 is 17.5 Å². The molecule has 2 rings (SSSR count). The fourth-order valence-electron chi connectivity index (χ4n) is 2.55. The Morgan fingerprint density at radius 1 is 1.08 bits per heavy atom. The van der Waals surface area contributed by atoms with Gasteiger partial charge < -0.3 is 14.8 Å². The van der Waals surface area contributed by atoms with Crippen LogP contribution < -0.4 is 14.8 Å². The number of rotatable bonds is 8. The first-order chi connectivity index (χ1) is 12.1. The maximum absolute atomic E-state index is 12.6. The van der Waals surface area contributed by atoms with E-state index in [1.54, 1.807) is 31.4 Å². The second-order valence-electron chi connectivity index (χ2n) is 5.71. The van der Waals surface area contributed by atoms with Crippen LogP contribution in [-0.4, -0.2) is 19.1 Å². The number of carbonyl (C=O) groups is 1. The molecule has 0 fully saturated rings. The van der Waals surface area contributed by atoms with Crippen LogP contribution in [0, 0.1) is 0 Å². The Kier molecular flexibility index (Phi) is 7.14. The van der Waals surface area contributed by atoms with E-state index in [2.05, 4.69) is 5.32 Å². The zero-order chi connectivity index (χ0) is 18.2. The number of benzene rings is 2. The third-order valence-corrected chi connectivity index (χ3v) is 4.22. The van der Waals surface area contributed by atoms with E-state index in [0.717, 1.165) is 17.7 Å². The van der Waals surface area contributed by atoms with Gasteiger partial charge in [-0.25, -0.2) is 0 Å². The molecule has 0 aromatic heterocycles. The fraction of sp³-hybridized carbons (Fsp3) is 0.350. The lowest BCUT2D eigenvalue weighted by Gasteiger charge is -2.22. The van der Waals surface area contributed by atoms with Crippen molar-refractivity contribution < 1.29 is 14.3 Å². The molecule has 1 amide bonds. The highest BCUT2D eigenvalue weighted by molar-refractivity contribution is 6.30. The van der Waals surface area contributed by atoms with Gasteiger partial charge in [-0.2, -0.15) is 0 Å². The van der Waals surface area contributed by atoms with Crippen LogP contribution >= 0.6 is 11.6 Å². The topological polar surface area (TPSA) is 47.6 Å². The van der Waals surface area contributed by atoms with E-state index < -0.39 is 6.10 Å². The number of ether oxygens (including phenoxy) is 2. The van der Waals surface area contributed by atoms with Crippen LogP contribution in [0.5, 0.6) is 11.5 Å². The molecule has 0 unspecified atom stereocenters. The van der Waals surface area contributed by atoms with Crippen molar-refractivity contribution in [2.24, 2.45) is 0 Å². The first kappa shape index (κ1) is 19.1. The van der Waals surface area contributed by atoms with Gasteiger partial charge in [-0.1, -0.05) is 43.6 Å². The van der Waals surface area contributed by atoms with Gasteiger partial charge in [0.2, 0.25) is 0 Å². The number of amides is 1. The van der Waals surface area contributed by atoms with Crippen LogP contribution in [0.4, 0.5) is 0 Å². The van der Waals surface area contributed by atoms with Gasteiger partial charge in [-0.15, -0.1) is 0 Å². The van der Waals surface area contributed by atoms with Crippen LogP contribution in [0.2, 0.25) is 5.02 Å². The Bertz CT molecular complexity index is 688. The smallest absolute Gasteiger partial charge is 0.261 e. The van der Waals surface area contributed by atoms with Crippen LogP contribution in [0.1, 0.15) is 38.3 Å². The van der Waals surface area contributed by atoms with E-state index in [1.807, 2.05) is 38.1 Å². The molecule has 5 heteroatoms. The van der Waals surface area contributed by atoms with E-state index in [-0.39, 0.29) is 11.9 Å². The molecular formula is C20H24ClNO3. The molecule has 2 aromatic rings. The summed E-state index contributed by atoms with van der Waals surface area (Å²) in [5.41, 5.74) is 1.04. The van der Waals surface area contributed by atoms with Crippen molar-refractivity contribution in [1.29, 1.82) is 0 Å². The van der Waals surface area contributed by atoms with Crippen LogP contribution in [-0.2, 0) is 4.79 Å². The maximum atomic E-state index is 12.6. The van der Waals surface area contributed by atoms with Crippen molar-refractivity contribution in [2.75, 3.05) is 7.11 Å². The minimum atomic E-state index is -0.564. The predicted octanol–water partition coefficient (Wildman–Crippen LogP) is 4.77. The van der Waals surface area contributed by atoms with Crippen molar-refractivity contribution in [3.63, 3.8) is 0 Å². The number of halogens is 1. The lowest BCUT2D eigenvalue weighted by molar-refractivity contribution is -0.128. The molecule has 0 aliphatic carbocycles. The molecule has 0 bridgehead atoms. The molecule has 0 aliphatic rings. The minimum absolute atomic E-state index is 0.0737. The van der Waals surface area contributed by atoms with Crippen LogP contribution in [0.25, 0.3) is 0 Å². The molecule has 0 radical (unpaired) electrons. The highest BCUT2D eigenvalue weighted by Gasteiger charge is 2.22. The van der Waals surface area contributed by atoms with Crippen molar-refractivity contribution in [2.45, 2.75) is 38.8 Å². The van der Waals surface area contributed by atoms with Gasteiger partial charge in [0.25, 0.3) is 5.91 Å². The quantitative estimate of drug-likeness (QED) is 0.736. The van der Waals surface area contributed by atoms with E-state index in [4.69, 9.17) is 21.1 Å². The SMILES string of the molecule is CC[C@H](Oc1cccc(Cl)c1)C(=O)N[C@@H](CC)c1ccc(OC)cc1. The number of hydrogen-bond acceptors (Lipinski definition) is 3. The monoisotopic (exact) mass is 361 g/mol. The molecule has 0 spiro atoms. The number of hydrogen-bond donors (Lipinski definition) is 1. The summed E-state index contributed by atoms with van der Waals surface area (Å²) in [6.07, 6.45) is 0.786. The Balaban J connectivity index is 2.05. The van der Waals surface area contributed by atoms with Gasteiger partial charge in [0, 0.05) is 5.02 Å². The Morgan fingerprint density at radius 2 is 1.80 bits per heavy atom. The molecule has 0 aliphatic heterocycles. The molecule has 134 valence electrons. The average molecular weight is 362 g/mol. The molecule has 4 nitrogen and oxygen atoms in total. The van der Waals surface area contributed by atoms with Crippen molar-refractivity contribution in [3.05, 3.63) is 59.1 Å². The molecule has 2 atom stereocenters. The van der Waals surface area contributed by atoms with Crippen LogP contribution in [0.15, 0.2) is 48.5 Å². The summed E-state index contributed by atoms with van der Waals surface area (Å²) in [7, 11) is 1.63. The molecular weight excluding hydrogens is 338 g/mol. The van der Waals surface area contributed by atoms with Crippen molar-refractivity contribution in [3.8, 4) is 11.5 Å². The lowest BCUT2D eigenvalue weighted by Crippen LogP contribution is -2.39.